The SMILES string of the molecule is CCOC(=O)C(C)(Br)C(=O)OCC.CCOC(=O)C(C)(Oc1cccc([N+](=O)[O-])c1)C(=O)OCC. The van der Waals surface area contributed by atoms with Crippen LogP contribution in [-0.4, -0.2) is 65.2 Å². The zero-order valence-electron chi connectivity index (χ0n) is 20.5. The zero-order chi connectivity index (χ0) is 27.2. The minimum Gasteiger partial charge on any atom is -0.465 e. The summed E-state index contributed by atoms with van der Waals surface area (Å²) in [4.78, 5) is 56.6. The first-order chi connectivity index (χ1) is 16.3. The number of nitro groups is 1. The summed E-state index contributed by atoms with van der Waals surface area (Å²) in [6, 6.07) is 5.14. The van der Waals surface area contributed by atoms with Crippen LogP contribution in [-0.2, 0) is 38.1 Å². The van der Waals surface area contributed by atoms with E-state index in [9.17, 15) is 29.3 Å². The molecule has 0 amide bonds. The Morgan fingerprint density at radius 3 is 1.60 bits per heavy atom. The average Bonchev–Trinajstić information content (AvgIpc) is 2.80. The topological polar surface area (TPSA) is 158 Å². The molecule has 13 heteroatoms. The molecule has 0 radical (unpaired) electrons. The number of carbonyl (C=O) groups excluding carboxylic acids is 4. The van der Waals surface area contributed by atoms with Crippen molar-refractivity contribution >= 4 is 45.5 Å². The molecule has 0 N–H and O–H groups in total. The molecule has 0 aliphatic heterocycles. The lowest BCUT2D eigenvalue weighted by Crippen LogP contribution is -2.51. The maximum Gasteiger partial charge on any atom is 0.362 e. The van der Waals surface area contributed by atoms with Gasteiger partial charge < -0.3 is 23.7 Å². The second-order valence-electron chi connectivity index (χ2n) is 6.77. The highest BCUT2D eigenvalue weighted by Gasteiger charge is 2.47. The Morgan fingerprint density at radius 2 is 1.23 bits per heavy atom. The van der Waals surface area contributed by atoms with Gasteiger partial charge in [0.15, 0.2) is 0 Å². The van der Waals surface area contributed by atoms with E-state index in [1.165, 1.54) is 32.0 Å². The Balaban J connectivity index is 0.000000761. The largest absolute Gasteiger partial charge is 0.465 e. The van der Waals surface area contributed by atoms with Crippen molar-refractivity contribution < 1.29 is 47.8 Å². The molecule has 0 atom stereocenters. The van der Waals surface area contributed by atoms with E-state index < -0.39 is 38.7 Å². The highest BCUT2D eigenvalue weighted by molar-refractivity contribution is 9.10. The number of alkyl halides is 1. The molecule has 196 valence electrons. The van der Waals surface area contributed by atoms with Gasteiger partial charge in [-0.2, -0.15) is 0 Å². The second-order valence-corrected chi connectivity index (χ2v) is 8.36. The summed E-state index contributed by atoms with van der Waals surface area (Å²) in [6.07, 6.45) is 0. The molecule has 0 aliphatic carbocycles. The monoisotopic (exact) mass is 563 g/mol. The number of carbonyl (C=O) groups is 4. The van der Waals surface area contributed by atoms with Crippen molar-refractivity contribution in [2.45, 2.75) is 51.5 Å². The predicted octanol–water partition coefficient (Wildman–Crippen LogP) is 3.12. The van der Waals surface area contributed by atoms with Crippen molar-refractivity contribution in [2.24, 2.45) is 0 Å². The molecule has 1 aromatic rings. The number of hydrogen-bond acceptors (Lipinski definition) is 11. The first-order valence-corrected chi connectivity index (χ1v) is 11.4. The number of rotatable bonds is 11. The number of nitro benzene ring substituents is 1. The number of ether oxygens (including phenoxy) is 5. The summed E-state index contributed by atoms with van der Waals surface area (Å²) < 4.78 is 23.0. The molecule has 0 aromatic heterocycles. The molecule has 0 saturated carbocycles. The van der Waals surface area contributed by atoms with Crippen LogP contribution >= 0.6 is 15.9 Å². The standard InChI is InChI=1S/C14H17NO7.C8H13BrO4/c1-4-20-12(16)14(3,13(17)21-5-2)22-11-8-6-7-10(9-11)15(18)19;1-4-12-6(10)8(3,9)7(11)13-5-2/h6-9H,4-5H2,1-3H3;4-5H2,1-3H3. The van der Waals surface area contributed by atoms with Gasteiger partial charge in [0.25, 0.3) is 11.3 Å². The van der Waals surface area contributed by atoms with E-state index in [4.69, 9.17) is 14.2 Å². The number of nitrogens with zero attached hydrogens (tertiary/aromatic N) is 1. The Labute approximate surface area is 211 Å². The fraction of sp³-hybridized carbons (Fsp3) is 0.545. The van der Waals surface area contributed by atoms with Crippen molar-refractivity contribution in [3.8, 4) is 5.75 Å². The third-order valence-corrected chi connectivity index (χ3v) is 4.65. The first kappa shape index (κ1) is 31.8. The van der Waals surface area contributed by atoms with Gasteiger partial charge in [-0.15, -0.1) is 0 Å². The van der Waals surface area contributed by atoms with Crippen LogP contribution < -0.4 is 4.74 Å². The van der Waals surface area contributed by atoms with Crippen LogP contribution in [0.3, 0.4) is 0 Å². The van der Waals surface area contributed by atoms with Crippen molar-refractivity contribution in [1.82, 2.24) is 0 Å². The van der Waals surface area contributed by atoms with E-state index in [2.05, 4.69) is 25.4 Å². The predicted molar refractivity (Wildman–Crippen MR) is 126 cm³/mol. The van der Waals surface area contributed by atoms with E-state index in [1.807, 2.05) is 0 Å². The number of esters is 4. The van der Waals surface area contributed by atoms with Gasteiger partial charge in [0.2, 0.25) is 4.32 Å². The van der Waals surface area contributed by atoms with E-state index >= 15 is 0 Å². The van der Waals surface area contributed by atoms with Crippen LogP contribution in [0.25, 0.3) is 0 Å². The van der Waals surface area contributed by atoms with E-state index in [0.29, 0.717) is 0 Å². The maximum atomic E-state index is 12.0. The molecule has 0 spiro atoms. The molecule has 0 aliphatic rings. The highest BCUT2D eigenvalue weighted by atomic mass is 79.9. The van der Waals surface area contributed by atoms with Crippen molar-refractivity contribution in [2.75, 3.05) is 26.4 Å². The molecule has 0 unspecified atom stereocenters. The molecule has 1 aromatic carbocycles. The molecule has 0 saturated heterocycles. The van der Waals surface area contributed by atoms with Gasteiger partial charge in [-0.1, -0.05) is 22.0 Å². The fourth-order valence-electron chi connectivity index (χ4n) is 2.22. The van der Waals surface area contributed by atoms with Crippen LogP contribution in [0, 0.1) is 10.1 Å². The number of non-ortho nitro benzene ring substituents is 1. The Bertz CT molecular complexity index is 863. The fourth-order valence-corrected chi connectivity index (χ4v) is 2.45. The number of benzene rings is 1. The van der Waals surface area contributed by atoms with Crippen LogP contribution in [0.2, 0.25) is 0 Å². The minimum atomic E-state index is -2.04. The van der Waals surface area contributed by atoms with Crippen molar-refractivity contribution in [3.63, 3.8) is 0 Å². The van der Waals surface area contributed by atoms with Crippen LogP contribution in [0.4, 0.5) is 5.69 Å². The maximum absolute atomic E-state index is 12.0. The molecular formula is C22H30BrNO11. The highest BCUT2D eigenvalue weighted by Crippen LogP contribution is 2.25. The van der Waals surface area contributed by atoms with Gasteiger partial charge in [0, 0.05) is 6.07 Å². The molecule has 1 rings (SSSR count). The molecule has 0 bridgehead atoms. The average molecular weight is 564 g/mol. The zero-order valence-corrected chi connectivity index (χ0v) is 22.0. The van der Waals surface area contributed by atoms with E-state index in [-0.39, 0.29) is 37.9 Å². The van der Waals surface area contributed by atoms with Crippen LogP contribution in [0.1, 0.15) is 41.5 Å². The first-order valence-electron chi connectivity index (χ1n) is 10.6. The Kier molecular flexibility index (Phi) is 13.5. The smallest absolute Gasteiger partial charge is 0.362 e. The number of halogens is 1. The van der Waals surface area contributed by atoms with E-state index in [0.717, 1.165) is 6.07 Å². The second kappa shape index (κ2) is 14.9. The molecule has 35 heavy (non-hydrogen) atoms. The minimum absolute atomic E-state index is 0.0159. The van der Waals surface area contributed by atoms with Gasteiger partial charge in [-0.25, -0.2) is 19.2 Å². The quantitative estimate of drug-likeness (QED) is 0.0971. The summed E-state index contributed by atoms with van der Waals surface area (Å²) in [6.45, 7) is 9.67. The van der Waals surface area contributed by atoms with Gasteiger partial charge in [-0.05, 0) is 47.6 Å². The van der Waals surface area contributed by atoms with Crippen molar-refractivity contribution in [1.29, 1.82) is 0 Å². The lowest BCUT2D eigenvalue weighted by molar-refractivity contribution is -0.385. The van der Waals surface area contributed by atoms with Gasteiger partial charge in [-0.3, -0.25) is 10.1 Å². The van der Waals surface area contributed by atoms with Crippen LogP contribution in [0.5, 0.6) is 5.75 Å². The molecular weight excluding hydrogens is 534 g/mol. The summed E-state index contributed by atoms with van der Waals surface area (Å²) in [5.41, 5.74) is -2.27. The van der Waals surface area contributed by atoms with Gasteiger partial charge >= 0.3 is 23.9 Å². The van der Waals surface area contributed by atoms with Gasteiger partial charge in [0.05, 0.1) is 37.4 Å². The molecule has 0 fully saturated rings. The Morgan fingerprint density at radius 1 is 0.829 bits per heavy atom. The third-order valence-electron chi connectivity index (χ3n) is 4.00. The number of hydrogen-bond donors (Lipinski definition) is 0. The molecule has 0 heterocycles. The van der Waals surface area contributed by atoms with Gasteiger partial charge in [0.1, 0.15) is 5.75 Å². The lowest BCUT2D eigenvalue weighted by atomic mass is 10.1. The summed E-state index contributed by atoms with van der Waals surface area (Å²) in [5.74, 6) is -3.14. The lowest BCUT2D eigenvalue weighted by Gasteiger charge is -2.25. The summed E-state index contributed by atoms with van der Waals surface area (Å²) in [7, 11) is 0. The van der Waals surface area contributed by atoms with Crippen LogP contribution in [0.15, 0.2) is 24.3 Å². The third kappa shape index (κ3) is 9.51. The normalized spacial score (nSPS) is 10.7. The van der Waals surface area contributed by atoms with Crippen molar-refractivity contribution in [3.05, 3.63) is 34.4 Å². The summed E-state index contributed by atoms with van der Waals surface area (Å²) in [5, 5.41) is 10.8. The Hall–Kier alpha value is -3.22. The molecule has 12 nitrogen and oxygen atoms in total. The van der Waals surface area contributed by atoms with E-state index in [1.54, 1.807) is 27.7 Å². The summed E-state index contributed by atoms with van der Waals surface area (Å²) >= 11 is 2.97.